The first-order valence-electron chi connectivity index (χ1n) is 7.84. The van der Waals surface area contributed by atoms with E-state index in [2.05, 4.69) is 11.8 Å². The predicted octanol–water partition coefficient (Wildman–Crippen LogP) is 2.50. The van der Waals surface area contributed by atoms with E-state index >= 15 is 0 Å². The minimum absolute atomic E-state index is 0.0154. The van der Waals surface area contributed by atoms with Gasteiger partial charge in [-0.15, -0.1) is 0 Å². The maximum absolute atomic E-state index is 12.1. The molecule has 1 aliphatic heterocycles. The Balaban J connectivity index is 2.06. The summed E-state index contributed by atoms with van der Waals surface area (Å²) in [5.74, 6) is -2.84. The van der Waals surface area contributed by atoms with Gasteiger partial charge in [0, 0.05) is 6.92 Å². The molecule has 0 saturated heterocycles. The lowest BCUT2D eigenvalue weighted by molar-refractivity contribution is -0.165. The molecule has 2 amide bonds. The minimum atomic E-state index is -0.781. The number of hydroxylamine groups is 2. The van der Waals surface area contributed by atoms with Gasteiger partial charge in [-0.3, -0.25) is 9.59 Å². The van der Waals surface area contributed by atoms with Gasteiger partial charge in [0.1, 0.15) is 0 Å². The van der Waals surface area contributed by atoms with Crippen LogP contribution < -0.4 is 0 Å². The number of amides is 2. The van der Waals surface area contributed by atoms with E-state index in [0.29, 0.717) is 11.7 Å². The van der Waals surface area contributed by atoms with Crippen molar-refractivity contribution < 1.29 is 28.8 Å². The van der Waals surface area contributed by atoms with Crippen molar-refractivity contribution in [3.8, 4) is 0 Å². The third kappa shape index (κ3) is 3.79. The highest BCUT2D eigenvalue weighted by atomic mass is 16.7. The van der Waals surface area contributed by atoms with E-state index < -0.39 is 23.8 Å². The van der Waals surface area contributed by atoms with Crippen LogP contribution in [0.5, 0.6) is 0 Å². The summed E-state index contributed by atoms with van der Waals surface area (Å²) in [5, 5.41) is 0.396. The molecule has 1 heterocycles. The number of carbonyl (C=O) groups excluding carboxylic acids is 4. The first kappa shape index (κ1) is 17.7. The number of esters is 1. The van der Waals surface area contributed by atoms with Crippen LogP contribution in [-0.4, -0.2) is 35.4 Å². The van der Waals surface area contributed by atoms with Gasteiger partial charge in [-0.2, -0.15) is 0 Å². The Morgan fingerprint density at radius 3 is 2.42 bits per heavy atom. The number of hydrogen-bond acceptors (Lipinski definition) is 6. The van der Waals surface area contributed by atoms with Crippen molar-refractivity contribution >= 4 is 23.8 Å². The third-order valence-corrected chi connectivity index (χ3v) is 3.54. The quantitative estimate of drug-likeness (QED) is 0.433. The third-order valence-electron chi connectivity index (χ3n) is 3.54. The monoisotopic (exact) mass is 333 g/mol. The SMILES string of the molecule is CCCCCCOC(=O)c1ccc2c(c1)C(=O)N(OC(C)=O)C2=O. The molecule has 7 heteroatoms. The standard InChI is InChI=1S/C17H19NO6/c1-3-4-5-6-9-23-17(22)12-7-8-13-14(10-12)16(21)18(15(13)20)24-11(2)19/h7-8,10H,3-6,9H2,1-2H3. The van der Waals surface area contributed by atoms with Crippen molar-refractivity contribution in [3.05, 3.63) is 34.9 Å². The van der Waals surface area contributed by atoms with Crippen LogP contribution in [0.3, 0.4) is 0 Å². The average molecular weight is 333 g/mol. The number of benzene rings is 1. The van der Waals surface area contributed by atoms with Gasteiger partial charge in [-0.05, 0) is 24.6 Å². The fourth-order valence-corrected chi connectivity index (χ4v) is 2.33. The Hall–Kier alpha value is -2.70. The molecule has 0 bridgehead atoms. The van der Waals surface area contributed by atoms with E-state index in [1.54, 1.807) is 0 Å². The number of unbranched alkanes of at least 4 members (excludes halogenated alkanes) is 3. The number of fused-ring (bicyclic) bond motifs is 1. The van der Waals surface area contributed by atoms with E-state index in [1.165, 1.54) is 18.2 Å². The molecule has 2 rings (SSSR count). The molecule has 0 aliphatic carbocycles. The van der Waals surface area contributed by atoms with E-state index in [1.807, 2.05) is 0 Å². The fourth-order valence-electron chi connectivity index (χ4n) is 2.33. The highest BCUT2D eigenvalue weighted by Crippen LogP contribution is 2.24. The number of rotatable bonds is 7. The van der Waals surface area contributed by atoms with Crippen LogP contribution in [0.2, 0.25) is 0 Å². The zero-order valence-corrected chi connectivity index (χ0v) is 13.7. The molecular weight excluding hydrogens is 314 g/mol. The van der Waals surface area contributed by atoms with Gasteiger partial charge in [0.05, 0.1) is 23.3 Å². The Morgan fingerprint density at radius 2 is 1.75 bits per heavy atom. The predicted molar refractivity (Wildman–Crippen MR) is 83.1 cm³/mol. The summed E-state index contributed by atoms with van der Waals surface area (Å²) in [4.78, 5) is 51.7. The first-order chi connectivity index (χ1) is 11.5. The molecule has 1 aromatic rings. The molecule has 0 saturated carbocycles. The van der Waals surface area contributed by atoms with Gasteiger partial charge in [0.25, 0.3) is 11.8 Å². The van der Waals surface area contributed by atoms with Crippen LogP contribution in [0.25, 0.3) is 0 Å². The van der Waals surface area contributed by atoms with Gasteiger partial charge in [-0.25, -0.2) is 9.59 Å². The first-order valence-corrected chi connectivity index (χ1v) is 7.84. The van der Waals surface area contributed by atoms with Crippen molar-refractivity contribution in [1.82, 2.24) is 5.06 Å². The van der Waals surface area contributed by atoms with E-state index in [0.717, 1.165) is 32.6 Å². The zero-order valence-electron chi connectivity index (χ0n) is 13.7. The van der Waals surface area contributed by atoms with Gasteiger partial charge in [-0.1, -0.05) is 31.2 Å². The van der Waals surface area contributed by atoms with Crippen LogP contribution in [0.4, 0.5) is 0 Å². The molecule has 7 nitrogen and oxygen atoms in total. The summed E-state index contributed by atoms with van der Waals surface area (Å²) in [6.45, 7) is 3.49. The van der Waals surface area contributed by atoms with Crippen LogP contribution in [0, 0.1) is 0 Å². The second-order valence-electron chi connectivity index (χ2n) is 5.44. The minimum Gasteiger partial charge on any atom is -0.462 e. The second kappa shape index (κ2) is 7.72. The Labute approximate surface area is 139 Å². The number of hydrogen-bond donors (Lipinski definition) is 0. The Morgan fingerprint density at radius 1 is 1.04 bits per heavy atom. The summed E-state index contributed by atoms with van der Waals surface area (Å²) in [7, 11) is 0. The molecule has 1 aliphatic rings. The lowest BCUT2D eigenvalue weighted by Crippen LogP contribution is -2.31. The molecule has 24 heavy (non-hydrogen) atoms. The van der Waals surface area contributed by atoms with E-state index in [9.17, 15) is 19.2 Å². The van der Waals surface area contributed by atoms with Crippen LogP contribution in [0.1, 0.15) is 70.6 Å². The zero-order chi connectivity index (χ0) is 17.7. The molecule has 128 valence electrons. The number of imide groups is 1. The Kier molecular flexibility index (Phi) is 5.68. The van der Waals surface area contributed by atoms with Crippen LogP contribution in [0.15, 0.2) is 18.2 Å². The smallest absolute Gasteiger partial charge is 0.338 e. The summed E-state index contributed by atoms with van der Waals surface area (Å²) in [5.41, 5.74) is 0.275. The number of ether oxygens (including phenoxy) is 1. The molecule has 0 spiro atoms. The largest absolute Gasteiger partial charge is 0.462 e. The molecule has 0 radical (unpaired) electrons. The Bertz CT molecular complexity index is 682. The van der Waals surface area contributed by atoms with Gasteiger partial charge in [0.2, 0.25) is 0 Å². The molecule has 1 aromatic carbocycles. The maximum atomic E-state index is 12.1. The van der Waals surface area contributed by atoms with Crippen molar-refractivity contribution in [2.45, 2.75) is 39.5 Å². The van der Waals surface area contributed by atoms with E-state index in [-0.39, 0.29) is 16.7 Å². The second-order valence-corrected chi connectivity index (χ2v) is 5.44. The van der Waals surface area contributed by atoms with Crippen molar-refractivity contribution in [3.63, 3.8) is 0 Å². The highest BCUT2D eigenvalue weighted by Gasteiger charge is 2.39. The van der Waals surface area contributed by atoms with Crippen molar-refractivity contribution in [1.29, 1.82) is 0 Å². The summed E-state index contributed by atoms with van der Waals surface area (Å²) >= 11 is 0. The maximum Gasteiger partial charge on any atom is 0.338 e. The van der Waals surface area contributed by atoms with Crippen molar-refractivity contribution in [2.75, 3.05) is 6.61 Å². The lowest BCUT2D eigenvalue weighted by atomic mass is 10.1. The number of nitrogens with zero attached hydrogens (tertiary/aromatic N) is 1. The molecule has 0 aromatic heterocycles. The van der Waals surface area contributed by atoms with Gasteiger partial charge < -0.3 is 9.57 Å². The number of carbonyl (C=O) groups is 4. The average Bonchev–Trinajstić information content (AvgIpc) is 2.78. The van der Waals surface area contributed by atoms with Crippen LogP contribution >= 0.6 is 0 Å². The summed E-state index contributed by atoms with van der Waals surface area (Å²) < 4.78 is 5.15. The topological polar surface area (TPSA) is 90.0 Å². The highest BCUT2D eigenvalue weighted by molar-refractivity contribution is 6.21. The van der Waals surface area contributed by atoms with Crippen molar-refractivity contribution in [2.24, 2.45) is 0 Å². The van der Waals surface area contributed by atoms with Crippen LogP contribution in [-0.2, 0) is 14.4 Å². The normalized spacial score (nSPS) is 13.0. The lowest BCUT2D eigenvalue weighted by Gasteiger charge is -2.10. The molecular formula is C17H19NO6. The van der Waals surface area contributed by atoms with E-state index in [4.69, 9.17) is 4.74 Å². The fraction of sp³-hybridized carbons (Fsp3) is 0.412. The molecule has 0 N–H and O–H groups in total. The van der Waals surface area contributed by atoms with Gasteiger partial charge in [0.15, 0.2) is 0 Å². The molecule has 0 fully saturated rings. The molecule has 0 unspecified atom stereocenters. The molecule has 0 atom stereocenters. The summed E-state index contributed by atoms with van der Waals surface area (Å²) in [6.07, 6.45) is 3.94. The van der Waals surface area contributed by atoms with Gasteiger partial charge >= 0.3 is 11.9 Å². The summed E-state index contributed by atoms with van der Waals surface area (Å²) in [6, 6.07) is 4.05.